The van der Waals surface area contributed by atoms with Crippen molar-refractivity contribution in [2.75, 3.05) is 5.43 Å². The number of hydrogen-bond donors (Lipinski definition) is 1. The molecule has 0 unspecified atom stereocenters. The fourth-order valence-corrected chi connectivity index (χ4v) is 1.79. The van der Waals surface area contributed by atoms with Crippen LogP contribution in [-0.4, -0.2) is 25.5 Å². The third-order valence-electron chi connectivity index (χ3n) is 2.53. The van der Waals surface area contributed by atoms with Gasteiger partial charge in [0.05, 0.1) is 5.52 Å². The number of hydrogen-bond acceptors (Lipinski definition) is 5. The van der Waals surface area contributed by atoms with Crippen LogP contribution in [0.3, 0.4) is 0 Å². The molecule has 0 aliphatic heterocycles. The first-order valence-corrected chi connectivity index (χ1v) is 5.61. The minimum atomic E-state index is 0.604. The molecule has 1 aromatic carbocycles. The molecule has 6 nitrogen and oxygen atoms in total. The second kappa shape index (κ2) is 4.06. The van der Waals surface area contributed by atoms with Crippen LogP contribution in [0, 0.1) is 0 Å². The van der Waals surface area contributed by atoms with Crippen molar-refractivity contribution in [1.82, 2.24) is 19.8 Å². The summed E-state index contributed by atoms with van der Waals surface area (Å²) in [5, 5.41) is 17.6. The van der Waals surface area contributed by atoms with E-state index in [2.05, 4.69) is 25.8 Å². The number of nitrogens with zero attached hydrogens (tertiary/aromatic N) is 5. The number of benzene rings is 1. The summed E-state index contributed by atoms with van der Waals surface area (Å²) in [6.45, 7) is 3.82. The van der Waals surface area contributed by atoms with Gasteiger partial charge in [0.1, 0.15) is 11.8 Å². The van der Waals surface area contributed by atoms with Crippen LogP contribution in [0.5, 0.6) is 0 Å². The minimum absolute atomic E-state index is 0.604. The molecule has 0 spiro atoms. The second-order valence-electron chi connectivity index (χ2n) is 4.16. The van der Waals surface area contributed by atoms with Crippen LogP contribution < -0.4 is 5.43 Å². The van der Waals surface area contributed by atoms with Gasteiger partial charge in [-0.3, -0.25) is 5.43 Å². The van der Waals surface area contributed by atoms with Crippen LogP contribution in [0.25, 0.3) is 16.4 Å². The Bertz CT molecular complexity index is 738. The van der Waals surface area contributed by atoms with Crippen molar-refractivity contribution >= 4 is 27.9 Å². The average molecular weight is 240 g/mol. The number of aromatic nitrogens is 4. The summed E-state index contributed by atoms with van der Waals surface area (Å²) in [5.74, 6) is 0.604. The Morgan fingerprint density at radius 3 is 2.94 bits per heavy atom. The molecule has 0 atom stereocenters. The van der Waals surface area contributed by atoms with Gasteiger partial charge in [-0.05, 0) is 19.9 Å². The van der Waals surface area contributed by atoms with E-state index in [1.165, 1.54) is 0 Å². The third kappa shape index (κ3) is 1.67. The highest BCUT2D eigenvalue weighted by Crippen LogP contribution is 2.23. The molecule has 0 radical (unpaired) electrons. The van der Waals surface area contributed by atoms with Crippen LogP contribution in [0.15, 0.2) is 35.7 Å². The lowest BCUT2D eigenvalue weighted by atomic mass is 10.2. The summed E-state index contributed by atoms with van der Waals surface area (Å²) in [6, 6.07) is 7.90. The van der Waals surface area contributed by atoms with Gasteiger partial charge in [0, 0.05) is 11.1 Å². The van der Waals surface area contributed by atoms with Gasteiger partial charge in [0.15, 0.2) is 5.82 Å². The molecule has 0 bridgehead atoms. The molecule has 0 aliphatic carbocycles. The molecule has 0 saturated carbocycles. The van der Waals surface area contributed by atoms with Crippen LogP contribution in [0.1, 0.15) is 13.8 Å². The van der Waals surface area contributed by atoms with Crippen molar-refractivity contribution in [2.45, 2.75) is 13.8 Å². The normalized spacial score (nSPS) is 10.8. The quantitative estimate of drug-likeness (QED) is 0.550. The second-order valence-corrected chi connectivity index (χ2v) is 4.16. The summed E-state index contributed by atoms with van der Waals surface area (Å²) in [6.07, 6.45) is 1.59. The van der Waals surface area contributed by atoms with Crippen molar-refractivity contribution in [3.63, 3.8) is 0 Å². The van der Waals surface area contributed by atoms with E-state index in [1.54, 1.807) is 10.8 Å². The van der Waals surface area contributed by atoms with E-state index in [1.807, 2.05) is 38.1 Å². The smallest absolute Gasteiger partial charge is 0.195 e. The predicted octanol–water partition coefficient (Wildman–Crippen LogP) is 2.09. The van der Waals surface area contributed by atoms with Crippen LogP contribution in [0.2, 0.25) is 0 Å². The first-order valence-electron chi connectivity index (χ1n) is 5.61. The number of hydrazone groups is 1. The molecule has 6 heteroatoms. The molecule has 3 aromatic rings. The summed E-state index contributed by atoms with van der Waals surface area (Å²) in [4.78, 5) is 0. The van der Waals surface area contributed by atoms with Crippen molar-refractivity contribution in [2.24, 2.45) is 5.10 Å². The van der Waals surface area contributed by atoms with Crippen LogP contribution in [0.4, 0.5) is 5.82 Å². The van der Waals surface area contributed by atoms with Gasteiger partial charge in [0.25, 0.3) is 0 Å². The van der Waals surface area contributed by atoms with Crippen LogP contribution in [-0.2, 0) is 0 Å². The Balaban J connectivity index is 2.28. The Morgan fingerprint density at radius 1 is 1.28 bits per heavy atom. The first-order chi connectivity index (χ1) is 8.75. The maximum Gasteiger partial charge on any atom is 0.195 e. The van der Waals surface area contributed by atoms with Gasteiger partial charge in [-0.2, -0.15) is 10.2 Å². The Labute approximate surface area is 103 Å². The number of fused-ring (bicyclic) bond motifs is 3. The lowest BCUT2D eigenvalue weighted by molar-refractivity contribution is 0.873. The maximum absolute atomic E-state index is 4.43. The number of anilines is 1. The molecule has 0 aliphatic rings. The molecule has 0 amide bonds. The molecule has 0 fully saturated rings. The van der Waals surface area contributed by atoms with Gasteiger partial charge >= 0.3 is 0 Å². The third-order valence-corrected chi connectivity index (χ3v) is 2.53. The van der Waals surface area contributed by atoms with E-state index in [0.29, 0.717) is 5.82 Å². The van der Waals surface area contributed by atoms with E-state index in [0.717, 1.165) is 22.1 Å². The van der Waals surface area contributed by atoms with E-state index in [4.69, 9.17) is 0 Å². The zero-order chi connectivity index (χ0) is 12.5. The van der Waals surface area contributed by atoms with Gasteiger partial charge < -0.3 is 0 Å². The van der Waals surface area contributed by atoms with Crippen molar-refractivity contribution in [1.29, 1.82) is 0 Å². The largest absolute Gasteiger partial charge is 0.258 e. The average Bonchev–Trinajstić information content (AvgIpc) is 2.75. The molecule has 1 N–H and O–H groups in total. The van der Waals surface area contributed by atoms with Gasteiger partial charge in [-0.15, -0.1) is 10.2 Å². The molecule has 0 saturated heterocycles. The molecule has 3 rings (SSSR count). The Hall–Kier alpha value is -2.50. The van der Waals surface area contributed by atoms with E-state index >= 15 is 0 Å². The van der Waals surface area contributed by atoms with Crippen LogP contribution >= 0.6 is 0 Å². The fourth-order valence-electron chi connectivity index (χ4n) is 1.79. The summed E-state index contributed by atoms with van der Waals surface area (Å²) < 4.78 is 1.71. The number of nitrogens with one attached hydrogen (secondary N) is 1. The molecule has 90 valence electrons. The summed E-state index contributed by atoms with van der Waals surface area (Å²) in [7, 11) is 0. The Morgan fingerprint density at radius 2 is 2.11 bits per heavy atom. The summed E-state index contributed by atoms with van der Waals surface area (Å²) in [5.41, 5.74) is 5.63. The highest BCUT2D eigenvalue weighted by Gasteiger charge is 2.09. The zero-order valence-electron chi connectivity index (χ0n) is 10.1. The monoisotopic (exact) mass is 240 g/mol. The standard InChI is InChI=1S/C12H12N6/c1-8(2)14-16-12-11-9-5-3-4-6-10(9)17-18(11)7-13-15-12/h3-7H,1-2H3,(H,15,16). The van der Waals surface area contributed by atoms with E-state index < -0.39 is 0 Å². The van der Waals surface area contributed by atoms with Crippen molar-refractivity contribution in [3.8, 4) is 0 Å². The van der Waals surface area contributed by atoms with Gasteiger partial charge in [-0.25, -0.2) is 4.52 Å². The molecular formula is C12H12N6. The SMILES string of the molecule is CC(C)=NNc1nncn2nc3ccccc3c12. The number of rotatable bonds is 2. The molecular weight excluding hydrogens is 228 g/mol. The lowest BCUT2D eigenvalue weighted by Crippen LogP contribution is -2.01. The zero-order valence-corrected chi connectivity index (χ0v) is 10.1. The highest BCUT2D eigenvalue weighted by atomic mass is 15.4. The fraction of sp³-hybridized carbons (Fsp3) is 0.167. The van der Waals surface area contributed by atoms with Crippen molar-refractivity contribution < 1.29 is 0 Å². The molecule has 2 heterocycles. The first kappa shape index (κ1) is 10.6. The predicted molar refractivity (Wildman–Crippen MR) is 70.7 cm³/mol. The minimum Gasteiger partial charge on any atom is -0.258 e. The van der Waals surface area contributed by atoms with Gasteiger partial charge in [-0.1, -0.05) is 18.2 Å². The topological polar surface area (TPSA) is 67.5 Å². The highest BCUT2D eigenvalue weighted by molar-refractivity contribution is 5.99. The molecule has 2 aromatic heterocycles. The molecule has 18 heavy (non-hydrogen) atoms. The maximum atomic E-state index is 4.43. The Kier molecular flexibility index (Phi) is 2.40. The van der Waals surface area contributed by atoms with E-state index in [9.17, 15) is 0 Å². The van der Waals surface area contributed by atoms with Gasteiger partial charge in [0.2, 0.25) is 0 Å². The lowest BCUT2D eigenvalue weighted by Gasteiger charge is -2.01. The van der Waals surface area contributed by atoms with E-state index in [-0.39, 0.29) is 0 Å². The summed E-state index contributed by atoms with van der Waals surface area (Å²) >= 11 is 0. The van der Waals surface area contributed by atoms with Crippen molar-refractivity contribution in [3.05, 3.63) is 30.6 Å².